The van der Waals surface area contributed by atoms with Crippen LogP contribution in [0.15, 0.2) is 36.7 Å². The minimum absolute atomic E-state index is 0.236. The Morgan fingerprint density at radius 2 is 2.05 bits per heavy atom. The van der Waals surface area contributed by atoms with Crippen molar-refractivity contribution in [3.8, 4) is 5.75 Å². The number of rotatable bonds is 3. The van der Waals surface area contributed by atoms with Gasteiger partial charge in [-0.1, -0.05) is 12.1 Å². The molecule has 0 aliphatic rings. The van der Waals surface area contributed by atoms with Crippen molar-refractivity contribution >= 4 is 5.97 Å². The van der Waals surface area contributed by atoms with Crippen molar-refractivity contribution in [2.24, 2.45) is 0 Å². The highest BCUT2D eigenvalue weighted by atomic mass is 16.5. The Bertz CT molecular complexity index is 591. The summed E-state index contributed by atoms with van der Waals surface area (Å²) in [6, 6.07) is 7.64. The highest BCUT2D eigenvalue weighted by Gasteiger charge is 2.10. The maximum atomic E-state index is 11.9. The van der Waals surface area contributed by atoms with Gasteiger partial charge in [-0.25, -0.2) is 0 Å². The van der Waals surface area contributed by atoms with Crippen LogP contribution in [0.5, 0.6) is 5.75 Å². The molecule has 3 heteroatoms. The second-order valence-electron chi connectivity index (χ2n) is 4.72. The zero-order valence-electron chi connectivity index (χ0n) is 11.4. The lowest BCUT2D eigenvalue weighted by atomic mass is 10.1. The fourth-order valence-electron chi connectivity index (χ4n) is 1.93. The smallest absolute Gasteiger partial charge is 0.315 e. The van der Waals surface area contributed by atoms with E-state index in [0.717, 1.165) is 22.3 Å². The second kappa shape index (κ2) is 5.65. The van der Waals surface area contributed by atoms with Gasteiger partial charge >= 0.3 is 5.97 Å². The Balaban J connectivity index is 2.11. The number of ether oxygens (including phenoxy) is 1. The van der Waals surface area contributed by atoms with Gasteiger partial charge in [-0.3, -0.25) is 9.78 Å². The summed E-state index contributed by atoms with van der Waals surface area (Å²) in [5.41, 5.74) is 4.08. The van der Waals surface area contributed by atoms with E-state index in [4.69, 9.17) is 4.74 Å². The van der Waals surface area contributed by atoms with Crippen molar-refractivity contribution in [3.05, 3.63) is 58.9 Å². The Hall–Kier alpha value is -2.16. The van der Waals surface area contributed by atoms with Crippen LogP contribution in [0.2, 0.25) is 0 Å². The van der Waals surface area contributed by atoms with E-state index in [-0.39, 0.29) is 12.4 Å². The predicted octanol–water partition coefficient (Wildman–Crippen LogP) is 3.15. The van der Waals surface area contributed by atoms with Crippen LogP contribution in [0.1, 0.15) is 22.3 Å². The number of benzene rings is 1. The molecule has 2 aromatic rings. The first-order chi connectivity index (χ1) is 9.06. The van der Waals surface area contributed by atoms with E-state index in [2.05, 4.69) is 11.1 Å². The number of aromatic nitrogens is 1. The van der Waals surface area contributed by atoms with Gasteiger partial charge in [0.1, 0.15) is 5.75 Å². The molecule has 0 spiro atoms. The van der Waals surface area contributed by atoms with Gasteiger partial charge in [0, 0.05) is 12.4 Å². The van der Waals surface area contributed by atoms with Crippen molar-refractivity contribution in [1.29, 1.82) is 0 Å². The van der Waals surface area contributed by atoms with E-state index in [9.17, 15) is 4.79 Å². The molecule has 0 aliphatic heterocycles. The average molecular weight is 255 g/mol. The fourth-order valence-corrected chi connectivity index (χ4v) is 1.93. The van der Waals surface area contributed by atoms with Gasteiger partial charge in [0.15, 0.2) is 0 Å². The Morgan fingerprint density at radius 3 is 2.74 bits per heavy atom. The summed E-state index contributed by atoms with van der Waals surface area (Å²) in [6.45, 7) is 5.97. The van der Waals surface area contributed by atoms with Crippen molar-refractivity contribution in [2.75, 3.05) is 0 Å². The van der Waals surface area contributed by atoms with Crippen molar-refractivity contribution < 1.29 is 9.53 Å². The number of hydrogen-bond acceptors (Lipinski definition) is 3. The van der Waals surface area contributed by atoms with Crippen LogP contribution in [0.4, 0.5) is 0 Å². The van der Waals surface area contributed by atoms with E-state index >= 15 is 0 Å². The number of esters is 1. The summed E-state index contributed by atoms with van der Waals surface area (Å²) in [5.74, 6) is 0.382. The first kappa shape index (κ1) is 13.3. The normalized spacial score (nSPS) is 10.3. The molecule has 0 fully saturated rings. The SMILES string of the molecule is Cc1cc(C)c(C)c(OC(=O)Cc2cccnc2)c1. The number of carbonyl (C=O) groups excluding carboxylic acids is 1. The lowest BCUT2D eigenvalue weighted by Crippen LogP contribution is -2.12. The molecule has 1 aromatic heterocycles. The number of pyridine rings is 1. The minimum Gasteiger partial charge on any atom is -0.426 e. The molecule has 0 aliphatic carbocycles. The number of hydrogen-bond donors (Lipinski definition) is 0. The molecule has 19 heavy (non-hydrogen) atoms. The molecule has 0 atom stereocenters. The lowest BCUT2D eigenvalue weighted by Gasteiger charge is -2.10. The lowest BCUT2D eigenvalue weighted by molar-refractivity contribution is -0.133. The highest BCUT2D eigenvalue weighted by molar-refractivity contribution is 5.75. The molecule has 1 aromatic carbocycles. The maximum absolute atomic E-state index is 11.9. The first-order valence-electron chi connectivity index (χ1n) is 6.23. The molecule has 0 N–H and O–H groups in total. The molecule has 2 rings (SSSR count). The summed E-state index contributed by atoms with van der Waals surface area (Å²) in [7, 11) is 0. The quantitative estimate of drug-likeness (QED) is 0.624. The Kier molecular flexibility index (Phi) is 3.95. The van der Waals surface area contributed by atoms with Crippen LogP contribution in [0, 0.1) is 20.8 Å². The van der Waals surface area contributed by atoms with Gasteiger partial charge in [-0.05, 0) is 55.2 Å². The fraction of sp³-hybridized carbons (Fsp3) is 0.250. The number of carbonyl (C=O) groups is 1. The van der Waals surface area contributed by atoms with E-state index in [0.29, 0.717) is 5.75 Å². The van der Waals surface area contributed by atoms with E-state index < -0.39 is 0 Å². The maximum Gasteiger partial charge on any atom is 0.315 e. The van der Waals surface area contributed by atoms with Crippen LogP contribution in [0.25, 0.3) is 0 Å². The largest absolute Gasteiger partial charge is 0.426 e. The van der Waals surface area contributed by atoms with Crippen LogP contribution in [-0.4, -0.2) is 11.0 Å². The third-order valence-corrected chi connectivity index (χ3v) is 3.06. The molecule has 98 valence electrons. The zero-order chi connectivity index (χ0) is 13.8. The Morgan fingerprint density at radius 1 is 1.26 bits per heavy atom. The standard InChI is InChI=1S/C16H17NO2/c1-11-7-12(2)13(3)15(8-11)19-16(18)9-14-5-4-6-17-10-14/h4-8,10H,9H2,1-3H3. The van der Waals surface area contributed by atoms with Gasteiger partial charge in [0.25, 0.3) is 0 Å². The van der Waals surface area contributed by atoms with E-state index in [1.165, 1.54) is 0 Å². The van der Waals surface area contributed by atoms with Crippen molar-refractivity contribution in [3.63, 3.8) is 0 Å². The van der Waals surface area contributed by atoms with Crippen LogP contribution in [0.3, 0.4) is 0 Å². The minimum atomic E-state index is -0.263. The van der Waals surface area contributed by atoms with E-state index in [1.807, 2.05) is 39.0 Å². The van der Waals surface area contributed by atoms with Crippen LogP contribution >= 0.6 is 0 Å². The summed E-state index contributed by atoms with van der Waals surface area (Å²) in [6.07, 6.45) is 3.60. The molecular weight excluding hydrogens is 238 g/mol. The monoisotopic (exact) mass is 255 g/mol. The third-order valence-electron chi connectivity index (χ3n) is 3.06. The number of nitrogens with zero attached hydrogens (tertiary/aromatic N) is 1. The Labute approximate surface area is 113 Å². The average Bonchev–Trinajstić information content (AvgIpc) is 2.36. The van der Waals surface area contributed by atoms with Crippen molar-refractivity contribution in [1.82, 2.24) is 4.98 Å². The molecule has 0 bridgehead atoms. The van der Waals surface area contributed by atoms with Crippen molar-refractivity contribution in [2.45, 2.75) is 27.2 Å². The predicted molar refractivity (Wildman–Crippen MR) is 74.2 cm³/mol. The molecule has 0 saturated carbocycles. The van der Waals surface area contributed by atoms with Gasteiger partial charge in [0.2, 0.25) is 0 Å². The molecule has 0 radical (unpaired) electrons. The highest BCUT2D eigenvalue weighted by Crippen LogP contribution is 2.23. The van der Waals surface area contributed by atoms with Gasteiger partial charge < -0.3 is 4.74 Å². The summed E-state index contributed by atoms with van der Waals surface area (Å²) < 4.78 is 5.44. The third kappa shape index (κ3) is 3.41. The second-order valence-corrected chi connectivity index (χ2v) is 4.72. The summed E-state index contributed by atoms with van der Waals surface area (Å²) >= 11 is 0. The van der Waals surface area contributed by atoms with Gasteiger partial charge in [0.05, 0.1) is 6.42 Å². The summed E-state index contributed by atoms with van der Waals surface area (Å²) in [5, 5.41) is 0. The van der Waals surface area contributed by atoms with Crippen LogP contribution in [-0.2, 0) is 11.2 Å². The summed E-state index contributed by atoms with van der Waals surface area (Å²) in [4.78, 5) is 15.9. The topological polar surface area (TPSA) is 39.2 Å². The molecule has 0 amide bonds. The van der Waals surface area contributed by atoms with Gasteiger partial charge in [-0.15, -0.1) is 0 Å². The molecule has 1 heterocycles. The zero-order valence-corrected chi connectivity index (χ0v) is 11.4. The molecule has 0 saturated heterocycles. The molecule has 0 unspecified atom stereocenters. The van der Waals surface area contributed by atoms with E-state index in [1.54, 1.807) is 12.4 Å². The molecule has 3 nitrogen and oxygen atoms in total. The molecular formula is C16H17NO2. The number of aryl methyl sites for hydroxylation is 2. The van der Waals surface area contributed by atoms with Crippen LogP contribution < -0.4 is 4.74 Å². The van der Waals surface area contributed by atoms with Gasteiger partial charge in [-0.2, -0.15) is 0 Å². The first-order valence-corrected chi connectivity index (χ1v) is 6.23.